The highest BCUT2D eigenvalue weighted by Crippen LogP contribution is 2.26. The van der Waals surface area contributed by atoms with Crippen molar-refractivity contribution in [3.8, 4) is 0 Å². The molecule has 0 aromatic heterocycles. The molecule has 0 spiro atoms. The Morgan fingerprint density at radius 3 is 2.33 bits per heavy atom. The van der Waals surface area contributed by atoms with E-state index >= 15 is 0 Å². The maximum Gasteiger partial charge on any atom is -0.00258 e. The lowest BCUT2D eigenvalue weighted by molar-refractivity contribution is 0.406. The zero-order chi connectivity index (χ0) is 10.9. The fourth-order valence-corrected chi connectivity index (χ4v) is 2.56. The van der Waals surface area contributed by atoms with E-state index in [-0.39, 0.29) is 0 Å². The van der Waals surface area contributed by atoms with Crippen molar-refractivity contribution in [3.63, 3.8) is 0 Å². The molecular weight excluding hydrogens is 182 g/mol. The second-order valence-corrected chi connectivity index (χ2v) is 5.60. The smallest absolute Gasteiger partial charge is 0.00258 e. The molecule has 15 heavy (non-hydrogen) atoms. The van der Waals surface area contributed by atoms with E-state index in [1.165, 1.54) is 64.5 Å². The van der Waals surface area contributed by atoms with Crippen LogP contribution in [0.4, 0.5) is 0 Å². The summed E-state index contributed by atoms with van der Waals surface area (Å²) in [6.07, 6.45) is 11.8. The van der Waals surface area contributed by atoms with Crippen LogP contribution in [0.2, 0.25) is 0 Å². The lowest BCUT2D eigenvalue weighted by Crippen LogP contribution is -2.21. The minimum Gasteiger partial charge on any atom is -0.316 e. The molecule has 1 fully saturated rings. The first-order valence-corrected chi connectivity index (χ1v) is 6.99. The van der Waals surface area contributed by atoms with E-state index in [9.17, 15) is 0 Å². The predicted octanol–water partition coefficient (Wildman–Crippen LogP) is 3.98. The van der Waals surface area contributed by atoms with Crippen LogP contribution < -0.4 is 5.32 Å². The normalized spacial score (nSPS) is 19.4. The molecule has 1 saturated carbocycles. The fourth-order valence-electron chi connectivity index (χ4n) is 2.56. The van der Waals surface area contributed by atoms with Gasteiger partial charge in [-0.2, -0.15) is 0 Å². The molecule has 0 amide bonds. The van der Waals surface area contributed by atoms with Gasteiger partial charge in [0.15, 0.2) is 0 Å². The summed E-state index contributed by atoms with van der Waals surface area (Å²) < 4.78 is 0. The van der Waals surface area contributed by atoms with Gasteiger partial charge in [0.2, 0.25) is 0 Å². The summed E-state index contributed by atoms with van der Waals surface area (Å²) in [5.74, 6) is 1.84. The SMILES string of the molecule is CC(C)CNCCCC1CCCCCC1. The van der Waals surface area contributed by atoms with Crippen molar-refractivity contribution in [3.05, 3.63) is 0 Å². The van der Waals surface area contributed by atoms with E-state index in [4.69, 9.17) is 0 Å². The lowest BCUT2D eigenvalue weighted by Gasteiger charge is -2.14. The van der Waals surface area contributed by atoms with Crippen LogP contribution in [0.15, 0.2) is 0 Å². The van der Waals surface area contributed by atoms with E-state index in [2.05, 4.69) is 19.2 Å². The average Bonchev–Trinajstić information content (AvgIpc) is 2.45. The molecule has 0 unspecified atom stereocenters. The van der Waals surface area contributed by atoms with E-state index in [0.29, 0.717) is 0 Å². The molecule has 1 heteroatoms. The molecule has 1 aliphatic carbocycles. The van der Waals surface area contributed by atoms with Gasteiger partial charge in [-0.25, -0.2) is 0 Å². The minimum atomic E-state index is 0.794. The van der Waals surface area contributed by atoms with Crippen LogP contribution in [0.3, 0.4) is 0 Å². The van der Waals surface area contributed by atoms with E-state index in [1.54, 1.807) is 0 Å². The van der Waals surface area contributed by atoms with Gasteiger partial charge >= 0.3 is 0 Å². The number of hydrogen-bond donors (Lipinski definition) is 1. The molecule has 0 aromatic carbocycles. The van der Waals surface area contributed by atoms with Crippen LogP contribution in [0, 0.1) is 11.8 Å². The van der Waals surface area contributed by atoms with Gasteiger partial charge in [0.1, 0.15) is 0 Å². The Bertz CT molecular complexity index is 134. The summed E-state index contributed by atoms with van der Waals surface area (Å²) >= 11 is 0. The molecule has 0 bridgehead atoms. The highest BCUT2D eigenvalue weighted by atomic mass is 14.8. The molecule has 1 aliphatic rings. The second kappa shape index (κ2) is 8.15. The van der Waals surface area contributed by atoms with Gasteiger partial charge in [-0.15, -0.1) is 0 Å². The Kier molecular flexibility index (Phi) is 7.08. The highest BCUT2D eigenvalue weighted by molar-refractivity contribution is 4.65. The van der Waals surface area contributed by atoms with Crippen molar-refractivity contribution in [2.75, 3.05) is 13.1 Å². The zero-order valence-corrected chi connectivity index (χ0v) is 10.7. The van der Waals surface area contributed by atoms with Crippen molar-refractivity contribution in [1.82, 2.24) is 5.32 Å². The third-order valence-electron chi connectivity index (χ3n) is 3.49. The third-order valence-corrected chi connectivity index (χ3v) is 3.49. The fraction of sp³-hybridized carbons (Fsp3) is 1.00. The standard InChI is InChI=1S/C14H29N/c1-13(2)12-15-11-7-10-14-8-5-3-4-6-9-14/h13-15H,3-12H2,1-2H3. The number of rotatable bonds is 6. The van der Waals surface area contributed by atoms with Crippen LogP contribution in [-0.2, 0) is 0 Å². The van der Waals surface area contributed by atoms with Gasteiger partial charge in [-0.05, 0) is 37.8 Å². The van der Waals surface area contributed by atoms with Gasteiger partial charge in [-0.3, -0.25) is 0 Å². The van der Waals surface area contributed by atoms with E-state index in [1.807, 2.05) is 0 Å². The van der Waals surface area contributed by atoms with Gasteiger partial charge in [0.05, 0.1) is 0 Å². The van der Waals surface area contributed by atoms with Crippen molar-refractivity contribution in [2.24, 2.45) is 11.8 Å². The summed E-state index contributed by atoms with van der Waals surface area (Å²) in [5, 5.41) is 3.54. The summed E-state index contributed by atoms with van der Waals surface area (Å²) in [6.45, 7) is 6.97. The van der Waals surface area contributed by atoms with Gasteiger partial charge in [0.25, 0.3) is 0 Å². The largest absolute Gasteiger partial charge is 0.316 e. The molecular formula is C14H29N. The number of nitrogens with one attached hydrogen (secondary N) is 1. The zero-order valence-electron chi connectivity index (χ0n) is 10.7. The molecule has 1 rings (SSSR count). The Morgan fingerprint density at radius 2 is 1.73 bits per heavy atom. The molecule has 0 atom stereocenters. The van der Waals surface area contributed by atoms with Crippen LogP contribution >= 0.6 is 0 Å². The topological polar surface area (TPSA) is 12.0 Å². The van der Waals surface area contributed by atoms with Crippen molar-refractivity contribution in [1.29, 1.82) is 0 Å². The summed E-state index contributed by atoms with van der Waals surface area (Å²) in [4.78, 5) is 0. The van der Waals surface area contributed by atoms with Gasteiger partial charge in [0, 0.05) is 0 Å². The molecule has 0 radical (unpaired) electrons. The Hall–Kier alpha value is -0.0400. The quantitative estimate of drug-likeness (QED) is 0.517. The van der Waals surface area contributed by atoms with Crippen molar-refractivity contribution < 1.29 is 0 Å². The molecule has 0 saturated heterocycles. The maximum atomic E-state index is 3.54. The lowest BCUT2D eigenvalue weighted by atomic mass is 9.95. The Balaban J connectivity index is 1.94. The minimum absolute atomic E-state index is 0.794. The summed E-state index contributed by atoms with van der Waals surface area (Å²) in [7, 11) is 0. The third kappa shape index (κ3) is 6.94. The van der Waals surface area contributed by atoms with Crippen molar-refractivity contribution >= 4 is 0 Å². The van der Waals surface area contributed by atoms with Gasteiger partial charge in [-0.1, -0.05) is 52.4 Å². The molecule has 90 valence electrons. The molecule has 0 aliphatic heterocycles. The maximum absolute atomic E-state index is 3.54. The highest BCUT2D eigenvalue weighted by Gasteiger charge is 2.11. The molecule has 0 aromatic rings. The van der Waals surface area contributed by atoms with Crippen LogP contribution in [0.5, 0.6) is 0 Å². The van der Waals surface area contributed by atoms with E-state index < -0.39 is 0 Å². The van der Waals surface area contributed by atoms with Crippen LogP contribution in [0.25, 0.3) is 0 Å². The molecule has 1 N–H and O–H groups in total. The second-order valence-electron chi connectivity index (χ2n) is 5.60. The van der Waals surface area contributed by atoms with Crippen LogP contribution in [0.1, 0.15) is 65.2 Å². The average molecular weight is 211 g/mol. The molecule has 1 nitrogen and oxygen atoms in total. The molecule has 0 heterocycles. The first kappa shape index (κ1) is 13.0. The van der Waals surface area contributed by atoms with Gasteiger partial charge < -0.3 is 5.32 Å². The predicted molar refractivity (Wildman–Crippen MR) is 68.1 cm³/mol. The Morgan fingerprint density at radius 1 is 1.07 bits per heavy atom. The Labute approximate surface area is 96.0 Å². The van der Waals surface area contributed by atoms with E-state index in [0.717, 1.165) is 11.8 Å². The number of hydrogen-bond acceptors (Lipinski definition) is 1. The monoisotopic (exact) mass is 211 g/mol. The first-order valence-electron chi connectivity index (χ1n) is 6.99. The summed E-state index contributed by atoms with van der Waals surface area (Å²) in [6, 6.07) is 0. The first-order chi connectivity index (χ1) is 7.29. The summed E-state index contributed by atoms with van der Waals surface area (Å²) in [5.41, 5.74) is 0. The van der Waals surface area contributed by atoms with Crippen LogP contribution in [-0.4, -0.2) is 13.1 Å². The van der Waals surface area contributed by atoms with Crippen molar-refractivity contribution in [2.45, 2.75) is 65.2 Å².